The highest BCUT2D eigenvalue weighted by Gasteiger charge is 2.05. The van der Waals surface area contributed by atoms with Gasteiger partial charge in [0.25, 0.3) is 0 Å². The first-order chi connectivity index (χ1) is 9.29. The zero-order valence-corrected chi connectivity index (χ0v) is 12.2. The average molecular weight is 295 g/mol. The van der Waals surface area contributed by atoms with Gasteiger partial charge >= 0.3 is 0 Å². The van der Waals surface area contributed by atoms with E-state index in [0.717, 1.165) is 17.8 Å². The van der Waals surface area contributed by atoms with Gasteiger partial charge in [-0.05, 0) is 24.7 Å². The molecule has 0 aliphatic heterocycles. The van der Waals surface area contributed by atoms with Gasteiger partial charge in [-0.3, -0.25) is 4.79 Å². The third-order valence-electron chi connectivity index (χ3n) is 2.72. The van der Waals surface area contributed by atoms with Crippen LogP contribution in [0.25, 0.3) is 5.69 Å². The van der Waals surface area contributed by atoms with Gasteiger partial charge in [-0.25, -0.2) is 4.68 Å². The quantitative estimate of drug-likeness (QED) is 0.787. The molecule has 0 bridgehead atoms. The maximum atomic E-state index is 11.7. The molecule has 0 saturated heterocycles. The van der Waals surface area contributed by atoms with E-state index in [4.69, 9.17) is 0 Å². The van der Waals surface area contributed by atoms with E-state index in [2.05, 4.69) is 15.7 Å². The third kappa shape index (κ3) is 4.68. The summed E-state index contributed by atoms with van der Waals surface area (Å²) >= 11 is 0. The predicted octanol–water partition coefficient (Wildman–Crippen LogP) is 1.17. The lowest BCUT2D eigenvalue weighted by Gasteiger charge is -2.03. The van der Waals surface area contributed by atoms with E-state index in [1.807, 2.05) is 43.6 Å². The molecule has 1 heterocycles. The van der Waals surface area contributed by atoms with E-state index in [-0.39, 0.29) is 18.3 Å². The molecule has 0 fully saturated rings. The molecule has 0 radical (unpaired) electrons. The highest BCUT2D eigenvalue weighted by atomic mass is 35.5. The van der Waals surface area contributed by atoms with E-state index in [1.165, 1.54) is 0 Å². The fraction of sp³-hybridized carbons (Fsp3) is 0.286. The van der Waals surface area contributed by atoms with Crippen molar-refractivity contribution >= 4 is 18.3 Å². The van der Waals surface area contributed by atoms with Gasteiger partial charge in [0.05, 0.1) is 18.3 Å². The van der Waals surface area contributed by atoms with Crippen LogP contribution in [0.2, 0.25) is 0 Å². The van der Waals surface area contributed by atoms with Gasteiger partial charge in [0, 0.05) is 19.3 Å². The number of carbonyl (C=O) groups excluding carboxylic acids is 1. The van der Waals surface area contributed by atoms with Crippen molar-refractivity contribution in [2.24, 2.45) is 0 Å². The van der Waals surface area contributed by atoms with Crippen LogP contribution in [0, 0.1) is 0 Å². The molecule has 6 heteroatoms. The molecule has 0 aliphatic rings. The minimum Gasteiger partial charge on any atom is -0.355 e. The number of nitrogens with one attached hydrogen (secondary N) is 2. The monoisotopic (exact) mass is 294 g/mol. The van der Waals surface area contributed by atoms with Crippen LogP contribution in [-0.2, 0) is 11.2 Å². The van der Waals surface area contributed by atoms with Gasteiger partial charge in [0.1, 0.15) is 0 Å². The molecule has 20 heavy (non-hydrogen) atoms. The van der Waals surface area contributed by atoms with Crippen molar-refractivity contribution in [2.75, 3.05) is 20.1 Å². The number of likely N-dealkylation sites (N-methyl/N-ethyl adjacent to an activating group) is 1. The topological polar surface area (TPSA) is 58.9 Å². The van der Waals surface area contributed by atoms with E-state index >= 15 is 0 Å². The summed E-state index contributed by atoms with van der Waals surface area (Å²) in [5.41, 5.74) is 1.90. The molecular weight excluding hydrogens is 276 g/mol. The van der Waals surface area contributed by atoms with Crippen LogP contribution in [0.4, 0.5) is 0 Å². The van der Waals surface area contributed by atoms with E-state index < -0.39 is 0 Å². The van der Waals surface area contributed by atoms with Crippen LogP contribution in [0.3, 0.4) is 0 Å². The van der Waals surface area contributed by atoms with Crippen molar-refractivity contribution in [2.45, 2.75) is 6.42 Å². The third-order valence-corrected chi connectivity index (χ3v) is 2.72. The number of nitrogens with zero attached hydrogens (tertiary/aromatic N) is 2. The number of amides is 1. The molecule has 2 rings (SSSR count). The van der Waals surface area contributed by atoms with E-state index in [1.54, 1.807) is 10.9 Å². The molecule has 108 valence electrons. The van der Waals surface area contributed by atoms with Gasteiger partial charge in [-0.1, -0.05) is 18.2 Å². The van der Waals surface area contributed by atoms with Crippen LogP contribution in [0.15, 0.2) is 42.7 Å². The van der Waals surface area contributed by atoms with Crippen LogP contribution in [0.5, 0.6) is 0 Å². The van der Waals surface area contributed by atoms with Crippen molar-refractivity contribution in [1.82, 2.24) is 20.4 Å². The molecular formula is C14H19ClN4O. The summed E-state index contributed by atoms with van der Waals surface area (Å²) in [5.74, 6) is 0.0165. The number of rotatable bonds is 6. The first-order valence-corrected chi connectivity index (χ1v) is 6.30. The molecule has 1 aromatic carbocycles. The summed E-state index contributed by atoms with van der Waals surface area (Å²) in [6, 6.07) is 9.83. The number of hydrogen-bond donors (Lipinski definition) is 2. The highest BCUT2D eigenvalue weighted by molar-refractivity contribution is 5.85. The Kier molecular flexibility index (Phi) is 6.76. The standard InChI is InChI=1S/C14H18N4O.ClH/c1-15-7-8-16-14(19)9-12-10-17-18(11-12)13-5-3-2-4-6-13;/h2-6,10-11,15H,7-9H2,1H3,(H,16,19);1H. The zero-order valence-electron chi connectivity index (χ0n) is 11.4. The number of aromatic nitrogens is 2. The lowest BCUT2D eigenvalue weighted by Crippen LogP contribution is -2.31. The lowest BCUT2D eigenvalue weighted by molar-refractivity contribution is -0.120. The number of benzene rings is 1. The summed E-state index contributed by atoms with van der Waals surface area (Å²) in [4.78, 5) is 11.7. The highest BCUT2D eigenvalue weighted by Crippen LogP contribution is 2.07. The molecule has 0 aliphatic carbocycles. The first-order valence-electron chi connectivity index (χ1n) is 6.30. The van der Waals surface area contributed by atoms with Crippen LogP contribution >= 0.6 is 12.4 Å². The molecule has 0 spiro atoms. The summed E-state index contributed by atoms with van der Waals surface area (Å²) in [5, 5.41) is 10.1. The Hall–Kier alpha value is -1.85. The molecule has 0 unspecified atom stereocenters. The van der Waals surface area contributed by atoms with E-state index in [0.29, 0.717) is 13.0 Å². The second-order valence-electron chi connectivity index (χ2n) is 4.26. The normalized spacial score (nSPS) is 9.85. The fourth-order valence-electron chi connectivity index (χ4n) is 1.75. The first kappa shape index (κ1) is 16.2. The maximum absolute atomic E-state index is 11.7. The molecule has 1 amide bonds. The number of hydrogen-bond acceptors (Lipinski definition) is 3. The van der Waals surface area contributed by atoms with E-state index in [9.17, 15) is 4.79 Å². The number of halogens is 1. The Morgan fingerprint density at radius 1 is 1.25 bits per heavy atom. The van der Waals surface area contributed by atoms with Crippen molar-refractivity contribution in [1.29, 1.82) is 0 Å². The smallest absolute Gasteiger partial charge is 0.224 e. The summed E-state index contributed by atoms with van der Waals surface area (Å²) in [7, 11) is 1.86. The molecule has 0 saturated carbocycles. The maximum Gasteiger partial charge on any atom is 0.224 e. The van der Waals surface area contributed by atoms with Crippen LogP contribution < -0.4 is 10.6 Å². The second kappa shape index (κ2) is 8.35. The lowest BCUT2D eigenvalue weighted by atomic mass is 10.2. The number of para-hydroxylation sites is 1. The SMILES string of the molecule is CNCCNC(=O)Cc1cnn(-c2ccccc2)c1.Cl. The second-order valence-corrected chi connectivity index (χ2v) is 4.26. The molecule has 1 aromatic heterocycles. The number of carbonyl (C=O) groups is 1. The van der Waals surface area contributed by atoms with Crippen LogP contribution in [0.1, 0.15) is 5.56 Å². The minimum atomic E-state index is 0. The summed E-state index contributed by atoms with van der Waals surface area (Å²) < 4.78 is 1.77. The van der Waals surface area contributed by atoms with Gasteiger partial charge in [-0.2, -0.15) is 5.10 Å². The average Bonchev–Trinajstić information content (AvgIpc) is 2.88. The Morgan fingerprint density at radius 3 is 2.70 bits per heavy atom. The Morgan fingerprint density at radius 2 is 2.00 bits per heavy atom. The van der Waals surface area contributed by atoms with Crippen molar-refractivity contribution in [3.05, 3.63) is 48.3 Å². The summed E-state index contributed by atoms with van der Waals surface area (Å²) in [6.45, 7) is 1.41. The largest absolute Gasteiger partial charge is 0.355 e. The summed E-state index contributed by atoms with van der Waals surface area (Å²) in [6.07, 6.45) is 3.97. The zero-order chi connectivity index (χ0) is 13.5. The molecule has 2 aromatic rings. The molecule has 2 N–H and O–H groups in total. The molecule has 5 nitrogen and oxygen atoms in total. The fourth-order valence-corrected chi connectivity index (χ4v) is 1.75. The van der Waals surface area contributed by atoms with Gasteiger partial charge in [-0.15, -0.1) is 12.4 Å². The van der Waals surface area contributed by atoms with Crippen molar-refractivity contribution in [3.63, 3.8) is 0 Å². The van der Waals surface area contributed by atoms with Crippen molar-refractivity contribution < 1.29 is 4.79 Å². The Balaban J connectivity index is 0.00000200. The minimum absolute atomic E-state index is 0. The van der Waals surface area contributed by atoms with Gasteiger partial charge < -0.3 is 10.6 Å². The predicted molar refractivity (Wildman–Crippen MR) is 81.5 cm³/mol. The van der Waals surface area contributed by atoms with Gasteiger partial charge in [0.15, 0.2) is 0 Å². The molecule has 0 atom stereocenters. The Labute approximate surface area is 124 Å². The van der Waals surface area contributed by atoms with Crippen LogP contribution in [-0.4, -0.2) is 35.8 Å². The Bertz CT molecular complexity index is 527. The van der Waals surface area contributed by atoms with Crippen molar-refractivity contribution in [3.8, 4) is 5.69 Å². The van der Waals surface area contributed by atoms with Gasteiger partial charge in [0.2, 0.25) is 5.91 Å².